The Labute approximate surface area is 169 Å². The molecule has 7 nitrogen and oxygen atoms in total. The molecule has 2 saturated heterocycles. The number of urea groups is 1. The van der Waals surface area contributed by atoms with Crippen LogP contribution in [0.1, 0.15) is 31.9 Å². The Bertz CT molecular complexity index is 899. The van der Waals surface area contributed by atoms with Gasteiger partial charge in [0.15, 0.2) is 10.9 Å². The summed E-state index contributed by atoms with van der Waals surface area (Å²) in [5.74, 6) is 2.45. The minimum absolute atomic E-state index is 0.126. The molecule has 2 fully saturated rings. The summed E-state index contributed by atoms with van der Waals surface area (Å²) >= 11 is 1.46. The number of fused-ring (bicyclic) bond motifs is 4. The predicted octanol–water partition coefficient (Wildman–Crippen LogP) is 3.71. The molecule has 1 unspecified atom stereocenters. The van der Waals surface area contributed by atoms with Crippen LogP contribution in [0.2, 0.25) is 0 Å². The van der Waals surface area contributed by atoms with Crippen LogP contribution >= 0.6 is 11.3 Å². The zero-order chi connectivity index (χ0) is 19.3. The van der Waals surface area contributed by atoms with E-state index >= 15 is 0 Å². The number of nitrogens with one attached hydrogen (secondary N) is 1. The van der Waals surface area contributed by atoms with E-state index in [4.69, 9.17) is 4.98 Å². The number of rotatable bonds is 2. The van der Waals surface area contributed by atoms with E-state index in [1.807, 2.05) is 17.2 Å². The molecule has 0 spiro atoms. The van der Waals surface area contributed by atoms with Crippen LogP contribution in [0.5, 0.6) is 0 Å². The van der Waals surface area contributed by atoms with E-state index in [2.05, 4.69) is 39.2 Å². The van der Waals surface area contributed by atoms with Crippen molar-refractivity contribution in [1.29, 1.82) is 0 Å². The van der Waals surface area contributed by atoms with Crippen molar-refractivity contribution in [3.63, 3.8) is 0 Å². The fraction of sp³-hybridized carbons (Fsp3) is 0.550. The molecule has 8 heteroatoms. The number of carbonyl (C=O) groups is 1. The Morgan fingerprint density at radius 3 is 2.86 bits per heavy atom. The number of carbonyl (C=O) groups excluding carboxylic acids is 1. The van der Waals surface area contributed by atoms with Crippen LogP contribution in [0, 0.1) is 12.8 Å². The molecule has 148 valence electrons. The molecule has 0 saturated carbocycles. The number of piperidine rings is 1. The molecule has 1 N–H and O–H groups in total. The van der Waals surface area contributed by atoms with Crippen LogP contribution in [-0.2, 0) is 0 Å². The lowest BCUT2D eigenvalue weighted by molar-refractivity contribution is 0.255. The van der Waals surface area contributed by atoms with Gasteiger partial charge in [-0.1, -0.05) is 6.92 Å². The Morgan fingerprint density at radius 2 is 2.07 bits per heavy atom. The SMILES string of the molecule is Cc1csc(NC(=O)N2c3nc(N4CCCC(C)C4)ccc3N3CC[C@H]2C3)n1. The first-order valence-corrected chi connectivity index (χ1v) is 11.0. The molecule has 2 aromatic rings. The van der Waals surface area contributed by atoms with Crippen molar-refractivity contribution in [2.75, 3.05) is 46.2 Å². The molecule has 5 rings (SSSR count). The van der Waals surface area contributed by atoms with Crippen LogP contribution in [0.25, 0.3) is 0 Å². The van der Waals surface area contributed by atoms with Gasteiger partial charge in [-0.2, -0.15) is 0 Å². The van der Waals surface area contributed by atoms with Gasteiger partial charge in [0, 0.05) is 31.6 Å². The maximum Gasteiger partial charge on any atom is 0.329 e. The summed E-state index contributed by atoms with van der Waals surface area (Å²) in [4.78, 5) is 29.1. The zero-order valence-electron chi connectivity index (χ0n) is 16.4. The fourth-order valence-electron chi connectivity index (χ4n) is 4.60. The van der Waals surface area contributed by atoms with Crippen LogP contribution in [0.3, 0.4) is 0 Å². The van der Waals surface area contributed by atoms with Gasteiger partial charge in [-0.3, -0.25) is 10.2 Å². The summed E-state index contributed by atoms with van der Waals surface area (Å²) in [6.07, 6.45) is 3.44. The zero-order valence-corrected chi connectivity index (χ0v) is 17.2. The summed E-state index contributed by atoms with van der Waals surface area (Å²) in [7, 11) is 0. The smallest absolute Gasteiger partial charge is 0.329 e. The number of anilines is 4. The Hall–Kier alpha value is -2.35. The van der Waals surface area contributed by atoms with Gasteiger partial charge in [-0.05, 0) is 44.2 Å². The van der Waals surface area contributed by atoms with Crippen molar-refractivity contribution in [3.8, 4) is 0 Å². The van der Waals surface area contributed by atoms with Crippen molar-refractivity contribution >= 4 is 39.8 Å². The average molecular weight is 399 g/mol. The van der Waals surface area contributed by atoms with Crippen LogP contribution in [0.4, 0.5) is 27.2 Å². The number of thiazole rings is 1. The second-order valence-corrected chi connectivity index (χ2v) is 9.05. The molecule has 3 aliphatic rings. The lowest BCUT2D eigenvalue weighted by atomic mass is 10.0. The third-order valence-corrected chi connectivity index (χ3v) is 6.85. The van der Waals surface area contributed by atoms with E-state index in [-0.39, 0.29) is 12.1 Å². The molecule has 2 aromatic heterocycles. The second kappa shape index (κ2) is 6.92. The van der Waals surface area contributed by atoms with Gasteiger partial charge < -0.3 is 9.80 Å². The van der Waals surface area contributed by atoms with Crippen LogP contribution in [-0.4, -0.2) is 48.2 Å². The summed E-state index contributed by atoms with van der Waals surface area (Å²) < 4.78 is 0. The third kappa shape index (κ3) is 3.09. The molecule has 28 heavy (non-hydrogen) atoms. The van der Waals surface area contributed by atoms with Gasteiger partial charge in [0.25, 0.3) is 0 Å². The summed E-state index contributed by atoms with van der Waals surface area (Å²) in [5.41, 5.74) is 1.99. The standard InChI is InChI=1S/C20H26N6OS/c1-13-4-3-8-25(10-13)17-6-5-16-18(22-17)26(15-7-9-24(16)11-15)20(27)23-19-21-14(2)12-28-19/h5-6,12-13,15H,3-4,7-11H2,1-2H3,(H,21,23,27)/t13?,15-/m0/s1. The van der Waals surface area contributed by atoms with E-state index < -0.39 is 0 Å². The van der Waals surface area contributed by atoms with E-state index in [0.29, 0.717) is 11.0 Å². The molecule has 5 heterocycles. The Morgan fingerprint density at radius 1 is 1.18 bits per heavy atom. The monoisotopic (exact) mass is 398 g/mol. The van der Waals surface area contributed by atoms with Crippen LogP contribution < -0.4 is 20.0 Å². The lowest BCUT2D eigenvalue weighted by Gasteiger charge is -2.37. The van der Waals surface area contributed by atoms with Gasteiger partial charge in [0.05, 0.1) is 17.4 Å². The van der Waals surface area contributed by atoms with Crippen molar-refractivity contribution in [3.05, 3.63) is 23.2 Å². The van der Waals surface area contributed by atoms with Crippen LogP contribution in [0.15, 0.2) is 17.5 Å². The number of pyridine rings is 1. The number of nitrogens with zero attached hydrogens (tertiary/aromatic N) is 5. The average Bonchev–Trinajstić information content (AvgIpc) is 3.28. The van der Waals surface area contributed by atoms with Crippen molar-refractivity contribution in [2.45, 2.75) is 39.2 Å². The summed E-state index contributed by atoms with van der Waals surface area (Å²) in [6, 6.07) is 4.30. The second-order valence-electron chi connectivity index (χ2n) is 8.19. The first kappa shape index (κ1) is 17.7. The molecule has 2 bridgehead atoms. The van der Waals surface area contributed by atoms with Crippen molar-refractivity contribution in [2.24, 2.45) is 5.92 Å². The maximum absolute atomic E-state index is 13.2. The quantitative estimate of drug-likeness (QED) is 0.835. The topological polar surface area (TPSA) is 64.6 Å². The minimum Gasteiger partial charge on any atom is -0.366 e. The Kier molecular flexibility index (Phi) is 4.38. The molecule has 3 aliphatic heterocycles. The van der Waals surface area contributed by atoms with E-state index in [0.717, 1.165) is 55.6 Å². The van der Waals surface area contributed by atoms with Gasteiger partial charge in [-0.25, -0.2) is 14.8 Å². The maximum atomic E-state index is 13.2. The number of amides is 2. The van der Waals surface area contributed by atoms with Gasteiger partial charge >= 0.3 is 6.03 Å². The molecule has 2 amide bonds. The highest BCUT2D eigenvalue weighted by molar-refractivity contribution is 7.13. The first-order chi connectivity index (χ1) is 13.6. The molecule has 0 aliphatic carbocycles. The van der Waals surface area contributed by atoms with E-state index in [9.17, 15) is 4.79 Å². The fourth-order valence-corrected chi connectivity index (χ4v) is 5.28. The predicted molar refractivity (Wildman–Crippen MR) is 114 cm³/mol. The largest absolute Gasteiger partial charge is 0.366 e. The molecular formula is C20H26N6OS. The summed E-state index contributed by atoms with van der Waals surface area (Å²) in [6.45, 7) is 8.15. The van der Waals surface area contributed by atoms with E-state index in [1.54, 1.807) is 0 Å². The number of aromatic nitrogens is 2. The molecular weight excluding hydrogens is 372 g/mol. The third-order valence-electron chi connectivity index (χ3n) is 5.97. The van der Waals surface area contributed by atoms with E-state index in [1.165, 1.54) is 24.2 Å². The minimum atomic E-state index is -0.126. The normalized spacial score (nSPS) is 23.7. The number of hydrogen-bond donors (Lipinski definition) is 1. The summed E-state index contributed by atoms with van der Waals surface area (Å²) in [5, 5.41) is 5.58. The molecule has 0 aromatic carbocycles. The van der Waals surface area contributed by atoms with Gasteiger partial charge in [0.1, 0.15) is 5.82 Å². The number of hydrogen-bond acceptors (Lipinski definition) is 6. The van der Waals surface area contributed by atoms with Crippen molar-refractivity contribution in [1.82, 2.24) is 9.97 Å². The number of aryl methyl sites for hydroxylation is 1. The molecule has 0 radical (unpaired) electrons. The van der Waals surface area contributed by atoms with Crippen molar-refractivity contribution < 1.29 is 4.79 Å². The highest BCUT2D eigenvalue weighted by Gasteiger charge is 2.40. The van der Waals surface area contributed by atoms with Gasteiger partial charge in [0.2, 0.25) is 0 Å². The Balaban J connectivity index is 1.47. The molecule has 2 atom stereocenters. The van der Waals surface area contributed by atoms with Gasteiger partial charge in [-0.15, -0.1) is 11.3 Å². The lowest BCUT2D eigenvalue weighted by Crippen LogP contribution is -2.48. The highest BCUT2D eigenvalue weighted by atomic mass is 32.1. The first-order valence-electron chi connectivity index (χ1n) is 10.1. The highest BCUT2D eigenvalue weighted by Crippen LogP contribution is 2.40.